The van der Waals surface area contributed by atoms with Crippen LogP contribution in [-0.2, 0) is 0 Å². The Morgan fingerprint density at radius 1 is 1.33 bits per heavy atom. The summed E-state index contributed by atoms with van der Waals surface area (Å²) >= 11 is 0. The monoisotopic (exact) mass is 253 g/mol. The number of amides is 2. The van der Waals surface area contributed by atoms with Crippen molar-refractivity contribution in [1.82, 2.24) is 5.32 Å². The second-order valence-corrected chi connectivity index (χ2v) is 4.53. The molecule has 18 heavy (non-hydrogen) atoms. The van der Waals surface area contributed by atoms with Crippen molar-refractivity contribution >= 4 is 11.7 Å². The lowest BCUT2D eigenvalue weighted by Gasteiger charge is -2.21. The lowest BCUT2D eigenvalue weighted by atomic mass is 10.0. The molecule has 4 N–H and O–H groups in total. The van der Waals surface area contributed by atoms with E-state index in [2.05, 4.69) is 10.6 Å². The molecule has 0 aliphatic carbocycles. The Balaban J connectivity index is 2.52. The summed E-state index contributed by atoms with van der Waals surface area (Å²) in [5, 5.41) is 5.51. The van der Waals surface area contributed by atoms with E-state index >= 15 is 0 Å². The third kappa shape index (κ3) is 4.71. The second kappa shape index (κ2) is 6.96. The number of halogens is 1. The number of carbonyl (C=O) groups is 1. The van der Waals surface area contributed by atoms with Gasteiger partial charge in [-0.25, -0.2) is 9.18 Å². The highest BCUT2D eigenvalue weighted by molar-refractivity contribution is 5.89. The summed E-state index contributed by atoms with van der Waals surface area (Å²) < 4.78 is 12.7. The fraction of sp³-hybridized carbons (Fsp3) is 0.462. The SMILES string of the molecule is CC(C)C(CCN)NC(=O)Nc1ccc(F)cc1. The maximum absolute atomic E-state index is 12.7. The number of nitrogens with one attached hydrogen (secondary N) is 2. The first-order valence-electron chi connectivity index (χ1n) is 6.06. The van der Waals surface area contributed by atoms with Gasteiger partial charge in [0.05, 0.1) is 0 Å². The summed E-state index contributed by atoms with van der Waals surface area (Å²) in [6.45, 7) is 4.58. The predicted molar refractivity (Wildman–Crippen MR) is 70.9 cm³/mol. The van der Waals surface area contributed by atoms with Crippen molar-refractivity contribution in [2.75, 3.05) is 11.9 Å². The number of rotatable bonds is 5. The molecule has 0 radical (unpaired) electrons. The summed E-state index contributed by atoms with van der Waals surface area (Å²) in [5.41, 5.74) is 6.06. The highest BCUT2D eigenvalue weighted by atomic mass is 19.1. The van der Waals surface area contributed by atoms with Crippen molar-refractivity contribution in [3.05, 3.63) is 30.1 Å². The zero-order chi connectivity index (χ0) is 13.5. The van der Waals surface area contributed by atoms with Gasteiger partial charge in [0.2, 0.25) is 0 Å². The van der Waals surface area contributed by atoms with Gasteiger partial charge in [-0.2, -0.15) is 0 Å². The highest BCUT2D eigenvalue weighted by Gasteiger charge is 2.15. The molecule has 0 bridgehead atoms. The van der Waals surface area contributed by atoms with Gasteiger partial charge in [-0.15, -0.1) is 0 Å². The van der Waals surface area contributed by atoms with Crippen LogP contribution in [0.15, 0.2) is 24.3 Å². The Kier molecular flexibility index (Phi) is 5.58. The molecule has 0 aliphatic heterocycles. The maximum atomic E-state index is 12.7. The molecule has 1 aromatic rings. The van der Waals surface area contributed by atoms with Crippen LogP contribution in [0.25, 0.3) is 0 Å². The summed E-state index contributed by atoms with van der Waals surface area (Å²) in [4.78, 5) is 11.7. The molecule has 4 nitrogen and oxygen atoms in total. The minimum absolute atomic E-state index is 0.0375. The molecular weight excluding hydrogens is 233 g/mol. The Hall–Kier alpha value is -1.62. The molecule has 100 valence electrons. The molecule has 0 aromatic heterocycles. The van der Waals surface area contributed by atoms with Crippen LogP contribution in [0.5, 0.6) is 0 Å². The van der Waals surface area contributed by atoms with Gasteiger partial charge in [0.25, 0.3) is 0 Å². The number of urea groups is 1. The molecule has 0 spiro atoms. The van der Waals surface area contributed by atoms with Gasteiger partial charge < -0.3 is 16.4 Å². The second-order valence-electron chi connectivity index (χ2n) is 4.53. The first-order chi connectivity index (χ1) is 8.52. The van der Waals surface area contributed by atoms with E-state index in [0.717, 1.165) is 6.42 Å². The van der Waals surface area contributed by atoms with Crippen LogP contribution in [0.1, 0.15) is 20.3 Å². The number of anilines is 1. The lowest BCUT2D eigenvalue weighted by molar-refractivity contribution is 0.243. The molecule has 0 saturated heterocycles. The lowest BCUT2D eigenvalue weighted by Crippen LogP contribution is -2.42. The average Bonchev–Trinajstić information content (AvgIpc) is 2.31. The standard InChI is InChI=1S/C13H20FN3O/c1-9(2)12(7-8-15)17-13(18)16-11-5-3-10(14)4-6-11/h3-6,9,12H,7-8,15H2,1-2H3,(H2,16,17,18). The van der Waals surface area contributed by atoms with Gasteiger partial charge >= 0.3 is 6.03 Å². The molecule has 1 unspecified atom stereocenters. The molecule has 0 aliphatic rings. The number of hydrogen-bond donors (Lipinski definition) is 3. The Morgan fingerprint density at radius 3 is 2.44 bits per heavy atom. The number of benzene rings is 1. The van der Waals surface area contributed by atoms with Crippen molar-refractivity contribution in [3.63, 3.8) is 0 Å². The van der Waals surface area contributed by atoms with Gasteiger partial charge in [0.15, 0.2) is 0 Å². The zero-order valence-corrected chi connectivity index (χ0v) is 10.7. The largest absolute Gasteiger partial charge is 0.335 e. The quantitative estimate of drug-likeness (QED) is 0.754. The normalized spacial score (nSPS) is 12.3. The summed E-state index contributed by atoms with van der Waals surface area (Å²) in [6.07, 6.45) is 0.731. The number of nitrogens with two attached hydrogens (primary N) is 1. The van der Waals surface area contributed by atoms with Crippen molar-refractivity contribution < 1.29 is 9.18 Å². The Morgan fingerprint density at radius 2 is 1.94 bits per heavy atom. The molecular formula is C13H20FN3O. The van der Waals surface area contributed by atoms with Crippen molar-refractivity contribution in [1.29, 1.82) is 0 Å². The van der Waals surface area contributed by atoms with Gasteiger partial charge in [0, 0.05) is 11.7 Å². The summed E-state index contributed by atoms with van der Waals surface area (Å²) in [7, 11) is 0. The van der Waals surface area contributed by atoms with Crippen molar-refractivity contribution in [3.8, 4) is 0 Å². The van der Waals surface area contributed by atoms with Gasteiger partial charge in [0.1, 0.15) is 5.82 Å². The van der Waals surface area contributed by atoms with E-state index in [1.807, 2.05) is 13.8 Å². The van der Waals surface area contributed by atoms with E-state index < -0.39 is 0 Å². The molecule has 0 fully saturated rings. The van der Waals surface area contributed by atoms with Gasteiger partial charge in [-0.3, -0.25) is 0 Å². The van der Waals surface area contributed by atoms with E-state index in [-0.39, 0.29) is 17.9 Å². The van der Waals surface area contributed by atoms with Gasteiger partial charge in [-0.05, 0) is 43.1 Å². The van der Waals surface area contributed by atoms with E-state index in [1.165, 1.54) is 24.3 Å². The van der Waals surface area contributed by atoms with Crippen LogP contribution in [0.3, 0.4) is 0 Å². The maximum Gasteiger partial charge on any atom is 0.319 e. The fourth-order valence-electron chi connectivity index (χ4n) is 1.62. The topological polar surface area (TPSA) is 67.1 Å². The van der Waals surface area contributed by atoms with Crippen LogP contribution in [0.2, 0.25) is 0 Å². The van der Waals surface area contributed by atoms with Crippen LogP contribution >= 0.6 is 0 Å². The predicted octanol–water partition coefficient (Wildman–Crippen LogP) is 2.32. The van der Waals surface area contributed by atoms with Crippen LogP contribution in [-0.4, -0.2) is 18.6 Å². The van der Waals surface area contributed by atoms with E-state index in [9.17, 15) is 9.18 Å². The first-order valence-corrected chi connectivity index (χ1v) is 6.06. The molecule has 0 saturated carbocycles. The smallest absolute Gasteiger partial charge is 0.319 e. The minimum atomic E-state index is -0.329. The minimum Gasteiger partial charge on any atom is -0.335 e. The fourth-order valence-corrected chi connectivity index (χ4v) is 1.62. The third-order valence-corrected chi connectivity index (χ3v) is 2.70. The molecule has 1 atom stereocenters. The van der Waals surface area contributed by atoms with Crippen LogP contribution in [0.4, 0.5) is 14.9 Å². The number of carbonyl (C=O) groups excluding carboxylic acids is 1. The Bertz CT molecular complexity index is 378. The van der Waals surface area contributed by atoms with Gasteiger partial charge in [-0.1, -0.05) is 13.8 Å². The van der Waals surface area contributed by atoms with Crippen molar-refractivity contribution in [2.45, 2.75) is 26.3 Å². The number of hydrogen-bond acceptors (Lipinski definition) is 2. The average molecular weight is 253 g/mol. The third-order valence-electron chi connectivity index (χ3n) is 2.70. The van der Waals surface area contributed by atoms with E-state index in [1.54, 1.807) is 0 Å². The molecule has 2 amide bonds. The molecule has 1 rings (SSSR count). The summed E-state index contributed by atoms with van der Waals surface area (Å²) in [5.74, 6) is -0.0170. The van der Waals surface area contributed by atoms with Crippen molar-refractivity contribution in [2.24, 2.45) is 11.7 Å². The molecule has 5 heteroatoms. The summed E-state index contributed by atoms with van der Waals surface area (Å²) in [6, 6.07) is 5.37. The van der Waals surface area contributed by atoms with Crippen LogP contribution < -0.4 is 16.4 Å². The van der Waals surface area contributed by atoms with Crippen LogP contribution in [0, 0.1) is 11.7 Å². The van der Waals surface area contributed by atoms with E-state index in [4.69, 9.17) is 5.73 Å². The van der Waals surface area contributed by atoms with E-state index in [0.29, 0.717) is 18.2 Å². The first kappa shape index (κ1) is 14.4. The molecule has 1 aromatic carbocycles. The zero-order valence-electron chi connectivity index (χ0n) is 10.7. The molecule has 0 heterocycles. The Labute approximate surface area is 107 Å². The highest BCUT2D eigenvalue weighted by Crippen LogP contribution is 2.09.